The molecule has 5 N–H and O–H groups in total. The van der Waals surface area contributed by atoms with Crippen molar-refractivity contribution in [2.45, 2.75) is 112 Å². The van der Waals surface area contributed by atoms with Gasteiger partial charge in [0.1, 0.15) is 17.7 Å². The van der Waals surface area contributed by atoms with Crippen LogP contribution in [-0.4, -0.2) is 118 Å². The molecule has 2 saturated heterocycles. The van der Waals surface area contributed by atoms with E-state index in [0.29, 0.717) is 41.3 Å². The summed E-state index contributed by atoms with van der Waals surface area (Å²) >= 11 is 0. The van der Waals surface area contributed by atoms with Gasteiger partial charge in [0, 0.05) is 131 Å². The van der Waals surface area contributed by atoms with Crippen molar-refractivity contribution in [1.82, 2.24) is 30.7 Å². The number of nitrogens with one attached hydrogen (secondary N) is 5. The van der Waals surface area contributed by atoms with E-state index < -0.39 is 6.04 Å². The van der Waals surface area contributed by atoms with Gasteiger partial charge in [-0.15, -0.1) is 6.58 Å². The molecule has 0 radical (unpaired) electrons. The number of amides is 2. The molecule has 72 heavy (non-hydrogen) atoms. The van der Waals surface area contributed by atoms with Crippen LogP contribution in [-0.2, 0) is 9.53 Å². The van der Waals surface area contributed by atoms with E-state index in [1.165, 1.54) is 17.7 Å². The maximum atomic E-state index is 15.6. The fourth-order valence-electron chi connectivity index (χ4n) is 9.24. The Kier molecular flexibility index (Phi) is 24.7. The van der Waals surface area contributed by atoms with Crippen molar-refractivity contribution in [2.75, 3.05) is 89.1 Å². The molecule has 0 bridgehead atoms. The predicted molar refractivity (Wildman–Crippen MR) is 296 cm³/mol. The van der Waals surface area contributed by atoms with Gasteiger partial charge in [0.2, 0.25) is 5.91 Å². The summed E-state index contributed by atoms with van der Waals surface area (Å²) in [5.74, 6) is -0.0452. The van der Waals surface area contributed by atoms with E-state index in [1.54, 1.807) is 26.3 Å². The molecule has 0 saturated carbocycles. The molecule has 3 aliphatic heterocycles. The minimum absolute atomic E-state index is 0.00571. The standard InChI is InChI=1S/C39H54FN5O2.C17H25FN4O.C2H6/c1-9-31-12-18-45(19-13-31)39(46)33-22-27(3)38(36(40)25-33)32-14-20-44(21-15-32)30(6)26(2)23-35-29(5)42-17-11-37(35)43-16-10-34(41-7)24-28(4)47-8;1-3-4-5-15(17(23)19-2)21-13-6-7-16(14(18)12-13)22-10-8-20-9-11-22;1-2/h10-11,14,16-17,22-25,28,30-31,41H,9,12-13,15,18-21H2,1-8H3,(H,42,43);3,6-7,12,15,20-21H,1,4-5,8-11H2,2H3,(H,19,23);1-2H3/b16-10-,26-23+,34-24+;;. The van der Waals surface area contributed by atoms with Gasteiger partial charge in [0.15, 0.2) is 0 Å². The van der Waals surface area contributed by atoms with Crippen LogP contribution in [0.2, 0.25) is 0 Å². The molecular weight excluding hydrogens is 909 g/mol. The van der Waals surface area contributed by atoms with Crippen LogP contribution in [0.15, 0.2) is 90.9 Å². The summed E-state index contributed by atoms with van der Waals surface area (Å²) in [6, 6.07) is 10.2. The van der Waals surface area contributed by atoms with Gasteiger partial charge in [-0.1, -0.05) is 51.0 Å². The summed E-state index contributed by atoms with van der Waals surface area (Å²) in [6.45, 7) is 26.6. The topological polar surface area (TPSA) is 126 Å². The quantitative estimate of drug-likeness (QED) is 0.0586. The average molecular weight is 994 g/mol. The van der Waals surface area contributed by atoms with Crippen molar-refractivity contribution < 1.29 is 23.1 Å². The molecule has 2 amide bonds. The lowest BCUT2D eigenvalue weighted by atomic mass is 9.91. The first-order valence-corrected chi connectivity index (χ1v) is 26.1. The number of aryl methyl sites for hydroxylation is 2. The number of halogens is 2. The molecule has 394 valence electrons. The van der Waals surface area contributed by atoms with Gasteiger partial charge in [-0.05, 0) is 132 Å². The second kappa shape index (κ2) is 30.3. The van der Waals surface area contributed by atoms with Crippen LogP contribution in [0.4, 0.5) is 25.8 Å². The zero-order valence-electron chi connectivity index (χ0n) is 45.2. The van der Waals surface area contributed by atoms with Gasteiger partial charge in [0.05, 0.1) is 11.8 Å². The molecule has 3 atom stereocenters. The molecule has 0 aliphatic carbocycles. The number of carbonyl (C=O) groups is 2. The molecule has 12 nitrogen and oxygen atoms in total. The number of nitrogens with zero attached hydrogens (tertiary/aromatic N) is 4. The molecule has 6 rings (SSSR count). The van der Waals surface area contributed by atoms with Crippen molar-refractivity contribution in [1.29, 1.82) is 0 Å². The van der Waals surface area contributed by atoms with Crippen LogP contribution >= 0.6 is 0 Å². The van der Waals surface area contributed by atoms with Crippen molar-refractivity contribution in [3.8, 4) is 0 Å². The molecule has 3 aromatic rings. The van der Waals surface area contributed by atoms with E-state index in [9.17, 15) is 14.0 Å². The van der Waals surface area contributed by atoms with Gasteiger partial charge in [-0.2, -0.15) is 0 Å². The maximum absolute atomic E-state index is 15.6. The largest absolute Gasteiger partial charge is 0.388 e. The molecule has 14 heteroatoms. The number of likely N-dealkylation sites (tertiary alicyclic amines) is 1. The first kappa shape index (κ1) is 58.7. The summed E-state index contributed by atoms with van der Waals surface area (Å²) in [4.78, 5) is 36.0. The van der Waals surface area contributed by atoms with Crippen LogP contribution in [0.1, 0.15) is 113 Å². The molecule has 3 unspecified atom stereocenters. The lowest BCUT2D eigenvalue weighted by Gasteiger charge is -2.33. The number of likely N-dealkylation sites (N-methyl/N-ethyl adjacent to an activating group) is 2. The Morgan fingerprint density at radius 2 is 1.71 bits per heavy atom. The first-order valence-electron chi connectivity index (χ1n) is 26.1. The van der Waals surface area contributed by atoms with E-state index in [1.807, 2.05) is 94.2 Å². The first-order chi connectivity index (χ1) is 34.7. The second-order valence-corrected chi connectivity index (χ2v) is 18.6. The van der Waals surface area contributed by atoms with Gasteiger partial charge in [-0.3, -0.25) is 19.5 Å². The van der Waals surface area contributed by atoms with E-state index in [-0.39, 0.29) is 35.6 Å². The molecular formula is C58H85F2N9O3. The monoisotopic (exact) mass is 994 g/mol. The molecule has 4 heterocycles. The number of allylic oxidation sites excluding steroid dienone is 2. The number of carbonyl (C=O) groups excluding carboxylic acids is 2. The molecule has 3 aliphatic rings. The molecule has 2 fully saturated rings. The van der Waals surface area contributed by atoms with E-state index in [4.69, 9.17) is 4.74 Å². The van der Waals surface area contributed by atoms with Crippen molar-refractivity contribution in [2.24, 2.45) is 5.92 Å². The summed E-state index contributed by atoms with van der Waals surface area (Å²) in [5, 5.41) is 15.6. The SMILES string of the molecule is C=CCCC(Nc1ccc(N2CCNCC2)c(F)c1)C(=O)NC.CC.CCC1CCN(C(=O)c2cc(C)c(C3=CCN(C(C)/C(C)=C/c4c(N/C=C\C(=C/C(C)OC)NC)ccnc4C)CC3)c(F)c2)CC1. The van der Waals surface area contributed by atoms with Crippen LogP contribution < -0.4 is 31.5 Å². The number of piperidine rings is 1. The Labute approximate surface area is 430 Å². The predicted octanol–water partition coefficient (Wildman–Crippen LogP) is 10.5. The minimum Gasteiger partial charge on any atom is -0.388 e. The lowest BCUT2D eigenvalue weighted by Crippen LogP contribution is -2.43. The zero-order valence-corrected chi connectivity index (χ0v) is 45.2. The Morgan fingerprint density at radius 1 is 0.986 bits per heavy atom. The Morgan fingerprint density at radius 3 is 2.31 bits per heavy atom. The highest BCUT2D eigenvalue weighted by atomic mass is 19.1. The second-order valence-electron chi connectivity index (χ2n) is 18.6. The summed E-state index contributed by atoms with van der Waals surface area (Å²) in [6.07, 6.45) is 19.2. The Hall–Kier alpha value is -5.83. The molecule has 1 aromatic heterocycles. The van der Waals surface area contributed by atoms with Crippen LogP contribution in [0, 0.1) is 31.4 Å². The third-order valence-corrected chi connectivity index (χ3v) is 13.9. The summed E-state index contributed by atoms with van der Waals surface area (Å²) in [5.41, 5.74) is 9.34. The van der Waals surface area contributed by atoms with Gasteiger partial charge >= 0.3 is 0 Å². The van der Waals surface area contributed by atoms with Gasteiger partial charge in [0.25, 0.3) is 5.91 Å². The number of hydrogen-bond donors (Lipinski definition) is 5. The summed E-state index contributed by atoms with van der Waals surface area (Å²) < 4.78 is 35.4. The number of ether oxygens (including phenoxy) is 1. The number of benzene rings is 2. The minimum atomic E-state index is -0.401. The maximum Gasteiger partial charge on any atom is 0.253 e. The fraction of sp³-hybridized carbons (Fsp3) is 0.500. The fourth-order valence-corrected chi connectivity index (χ4v) is 9.24. The zero-order chi connectivity index (χ0) is 52.7. The Bertz CT molecular complexity index is 2330. The third kappa shape index (κ3) is 16.9. The highest BCUT2D eigenvalue weighted by Gasteiger charge is 2.27. The average Bonchev–Trinajstić information content (AvgIpc) is 3.40. The molecule has 0 spiro atoms. The third-order valence-electron chi connectivity index (χ3n) is 13.9. The number of piperazine rings is 1. The van der Waals surface area contributed by atoms with Crippen LogP contribution in [0.5, 0.6) is 0 Å². The number of hydrogen-bond acceptors (Lipinski definition) is 10. The van der Waals surface area contributed by atoms with E-state index in [2.05, 4.69) is 76.0 Å². The van der Waals surface area contributed by atoms with Crippen molar-refractivity contribution in [3.63, 3.8) is 0 Å². The van der Waals surface area contributed by atoms with Gasteiger partial charge in [-0.25, -0.2) is 8.78 Å². The number of methoxy groups -OCH3 is 1. The lowest BCUT2D eigenvalue weighted by molar-refractivity contribution is -0.121. The van der Waals surface area contributed by atoms with E-state index >= 15 is 4.39 Å². The van der Waals surface area contributed by atoms with Crippen molar-refractivity contribution in [3.05, 3.63) is 131 Å². The number of anilines is 3. The summed E-state index contributed by atoms with van der Waals surface area (Å²) in [7, 11) is 5.18. The number of aromatic nitrogens is 1. The number of pyridine rings is 1. The highest BCUT2D eigenvalue weighted by molar-refractivity contribution is 5.95. The normalized spacial score (nSPS) is 17.1. The highest BCUT2D eigenvalue weighted by Crippen LogP contribution is 2.32. The van der Waals surface area contributed by atoms with Crippen LogP contribution in [0.3, 0.4) is 0 Å². The van der Waals surface area contributed by atoms with E-state index in [0.717, 1.165) is 112 Å². The number of rotatable bonds is 19. The smallest absolute Gasteiger partial charge is 0.253 e. The van der Waals surface area contributed by atoms with Crippen LogP contribution in [0.25, 0.3) is 11.6 Å². The van der Waals surface area contributed by atoms with Gasteiger partial charge < -0.3 is 41.1 Å². The molecule has 2 aromatic carbocycles. The van der Waals surface area contributed by atoms with Crippen molar-refractivity contribution >= 4 is 40.5 Å². The Balaban J connectivity index is 0.000000376.